The molecule has 0 aliphatic carbocycles. The van der Waals surface area contributed by atoms with Crippen molar-refractivity contribution >= 4 is 45.3 Å². The lowest BCUT2D eigenvalue weighted by Gasteiger charge is -2.10. The summed E-state index contributed by atoms with van der Waals surface area (Å²) in [6.45, 7) is 1.24. The number of anilines is 1. The molecule has 25 heavy (non-hydrogen) atoms. The van der Waals surface area contributed by atoms with Gasteiger partial charge >= 0.3 is 5.76 Å². The number of halogens is 1. The molecule has 7 heteroatoms. The van der Waals surface area contributed by atoms with Crippen molar-refractivity contribution in [1.29, 1.82) is 0 Å². The molecular formula is C18H18IN3O3. The van der Waals surface area contributed by atoms with Gasteiger partial charge in [0.05, 0.1) is 11.1 Å². The molecule has 3 rings (SSSR count). The standard InChI is InChI=1S/C18H18IN3O3/c1-21(2)9-10-22-15-11-12(7-8-16(15)25-18(22)24)20-17(23)13-5-3-4-6-14(13)19/h3-8,11H,9-10H2,1-2H3,(H,20,23). The highest BCUT2D eigenvalue weighted by Crippen LogP contribution is 2.20. The molecule has 3 aromatic rings. The summed E-state index contributed by atoms with van der Waals surface area (Å²) in [4.78, 5) is 26.5. The number of carbonyl (C=O) groups is 1. The van der Waals surface area contributed by atoms with Gasteiger partial charge < -0.3 is 14.6 Å². The zero-order valence-electron chi connectivity index (χ0n) is 14.0. The summed E-state index contributed by atoms with van der Waals surface area (Å²) in [6, 6.07) is 12.6. The third-order valence-electron chi connectivity index (χ3n) is 3.81. The predicted octanol–water partition coefficient (Wildman–Crippen LogP) is 3.01. The summed E-state index contributed by atoms with van der Waals surface area (Å²) in [7, 11) is 3.89. The molecule has 130 valence electrons. The summed E-state index contributed by atoms with van der Waals surface area (Å²) in [5.41, 5.74) is 2.42. The lowest BCUT2D eigenvalue weighted by molar-refractivity contribution is 0.102. The maximum absolute atomic E-state index is 12.5. The number of nitrogens with zero attached hydrogens (tertiary/aromatic N) is 2. The summed E-state index contributed by atoms with van der Waals surface area (Å²) < 4.78 is 7.73. The van der Waals surface area contributed by atoms with Crippen molar-refractivity contribution in [3.8, 4) is 0 Å². The van der Waals surface area contributed by atoms with Gasteiger partial charge in [-0.1, -0.05) is 12.1 Å². The van der Waals surface area contributed by atoms with Gasteiger partial charge in [0.1, 0.15) is 0 Å². The van der Waals surface area contributed by atoms with E-state index in [0.29, 0.717) is 35.4 Å². The highest BCUT2D eigenvalue weighted by Gasteiger charge is 2.13. The molecule has 0 atom stereocenters. The molecule has 0 fully saturated rings. The van der Waals surface area contributed by atoms with Gasteiger partial charge in [-0.2, -0.15) is 0 Å². The Morgan fingerprint density at radius 2 is 2.00 bits per heavy atom. The fourth-order valence-corrected chi connectivity index (χ4v) is 3.13. The summed E-state index contributed by atoms with van der Waals surface area (Å²) in [6.07, 6.45) is 0. The zero-order valence-corrected chi connectivity index (χ0v) is 16.1. The largest absolute Gasteiger partial charge is 0.419 e. The molecule has 0 aliphatic rings. The second-order valence-electron chi connectivity index (χ2n) is 5.94. The number of hydrogen-bond donors (Lipinski definition) is 1. The van der Waals surface area contributed by atoms with Gasteiger partial charge in [0, 0.05) is 22.3 Å². The third-order valence-corrected chi connectivity index (χ3v) is 4.76. The zero-order chi connectivity index (χ0) is 18.0. The van der Waals surface area contributed by atoms with E-state index in [1.165, 1.54) is 0 Å². The molecule has 2 aromatic carbocycles. The Morgan fingerprint density at radius 1 is 1.24 bits per heavy atom. The Kier molecular flexibility index (Phi) is 5.24. The van der Waals surface area contributed by atoms with Crippen LogP contribution in [0.15, 0.2) is 51.7 Å². The van der Waals surface area contributed by atoms with Crippen LogP contribution in [0.2, 0.25) is 0 Å². The van der Waals surface area contributed by atoms with Crippen LogP contribution in [-0.4, -0.2) is 36.0 Å². The summed E-state index contributed by atoms with van der Waals surface area (Å²) >= 11 is 2.13. The molecule has 0 aliphatic heterocycles. The monoisotopic (exact) mass is 451 g/mol. The molecule has 1 amide bonds. The maximum atomic E-state index is 12.5. The van der Waals surface area contributed by atoms with E-state index >= 15 is 0 Å². The molecule has 0 bridgehead atoms. The van der Waals surface area contributed by atoms with Gasteiger partial charge in [-0.25, -0.2) is 4.79 Å². The number of hydrogen-bond acceptors (Lipinski definition) is 4. The molecule has 0 saturated carbocycles. The van der Waals surface area contributed by atoms with Gasteiger partial charge in [-0.05, 0) is 67.0 Å². The molecule has 0 unspecified atom stereocenters. The first-order valence-electron chi connectivity index (χ1n) is 7.79. The van der Waals surface area contributed by atoms with Crippen LogP contribution in [0, 0.1) is 3.57 Å². The Balaban J connectivity index is 1.90. The van der Waals surface area contributed by atoms with Crippen molar-refractivity contribution in [3.05, 3.63) is 62.1 Å². The minimum atomic E-state index is -0.391. The third kappa shape index (κ3) is 3.93. The highest BCUT2D eigenvalue weighted by molar-refractivity contribution is 14.1. The van der Waals surface area contributed by atoms with E-state index in [4.69, 9.17) is 4.42 Å². The van der Waals surface area contributed by atoms with Gasteiger partial charge in [0.2, 0.25) is 0 Å². The van der Waals surface area contributed by atoms with Crippen LogP contribution in [0.25, 0.3) is 11.1 Å². The average Bonchev–Trinajstić information content (AvgIpc) is 2.88. The fraction of sp³-hybridized carbons (Fsp3) is 0.222. The topological polar surface area (TPSA) is 67.5 Å². The van der Waals surface area contributed by atoms with Crippen molar-refractivity contribution < 1.29 is 9.21 Å². The van der Waals surface area contributed by atoms with Crippen molar-refractivity contribution in [2.75, 3.05) is 26.0 Å². The first-order chi connectivity index (χ1) is 12.0. The Labute approximate surface area is 158 Å². The van der Waals surface area contributed by atoms with E-state index in [2.05, 4.69) is 27.9 Å². The average molecular weight is 451 g/mol. The van der Waals surface area contributed by atoms with Crippen LogP contribution in [0.4, 0.5) is 5.69 Å². The van der Waals surface area contributed by atoms with E-state index in [9.17, 15) is 9.59 Å². The normalized spacial score (nSPS) is 11.2. The van der Waals surface area contributed by atoms with Crippen molar-refractivity contribution in [3.63, 3.8) is 0 Å². The summed E-state index contributed by atoms with van der Waals surface area (Å²) in [5.74, 6) is -0.576. The molecule has 1 aromatic heterocycles. The molecule has 0 radical (unpaired) electrons. The second kappa shape index (κ2) is 7.40. The van der Waals surface area contributed by atoms with Crippen molar-refractivity contribution in [1.82, 2.24) is 9.47 Å². The van der Waals surface area contributed by atoms with Crippen molar-refractivity contribution in [2.24, 2.45) is 0 Å². The molecular weight excluding hydrogens is 433 g/mol. The molecule has 1 heterocycles. The van der Waals surface area contributed by atoms with Crippen LogP contribution >= 0.6 is 22.6 Å². The SMILES string of the molecule is CN(C)CCn1c(=O)oc2ccc(NC(=O)c3ccccc3I)cc21. The van der Waals surface area contributed by atoms with Gasteiger partial charge in [-0.15, -0.1) is 0 Å². The Bertz CT molecular complexity index is 975. The maximum Gasteiger partial charge on any atom is 0.419 e. The molecule has 0 saturated heterocycles. The number of oxazole rings is 1. The second-order valence-corrected chi connectivity index (χ2v) is 7.10. The number of benzene rings is 2. The van der Waals surface area contributed by atoms with E-state index in [1.807, 2.05) is 37.2 Å². The first kappa shape index (κ1) is 17.7. The minimum Gasteiger partial charge on any atom is -0.408 e. The predicted molar refractivity (Wildman–Crippen MR) is 106 cm³/mol. The number of fused-ring (bicyclic) bond motifs is 1. The number of aromatic nitrogens is 1. The van der Waals surface area contributed by atoms with E-state index in [-0.39, 0.29) is 5.91 Å². The summed E-state index contributed by atoms with van der Waals surface area (Å²) in [5, 5.41) is 2.88. The van der Waals surface area contributed by atoms with Crippen LogP contribution in [0.5, 0.6) is 0 Å². The lowest BCUT2D eigenvalue weighted by atomic mass is 10.2. The lowest BCUT2D eigenvalue weighted by Crippen LogP contribution is -2.23. The number of amides is 1. The van der Waals surface area contributed by atoms with E-state index < -0.39 is 5.76 Å². The van der Waals surface area contributed by atoms with E-state index in [0.717, 1.165) is 3.57 Å². The van der Waals surface area contributed by atoms with E-state index in [1.54, 1.807) is 28.8 Å². The quantitative estimate of drug-likeness (QED) is 0.606. The fourth-order valence-electron chi connectivity index (χ4n) is 2.50. The number of nitrogens with one attached hydrogen (secondary N) is 1. The minimum absolute atomic E-state index is 0.185. The van der Waals surface area contributed by atoms with Crippen LogP contribution in [0.3, 0.4) is 0 Å². The number of rotatable bonds is 5. The van der Waals surface area contributed by atoms with Gasteiger partial charge in [0.25, 0.3) is 5.91 Å². The van der Waals surface area contributed by atoms with Gasteiger partial charge in [-0.3, -0.25) is 9.36 Å². The Morgan fingerprint density at radius 3 is 2.72 bits per heavy atom. The number of carbonyl (C=O) groups excluding carboxylic acids is 1. The number of likely N-dealkylation sites (N-methyl/N-ethyl adjacent to an activating group) is 1. The van der Waals surface area contributed by atoms with Crippen molar-refractivity contribution in [2.45, 2.75) is 6.54 Å². The Hall–Kier alpha value is -2.13. The molecule has 0 spiro atoms. The van der Waals surface area contributed by atoms with Crippen LogP contribution in [0.1, 0.15) is 10.4 Å². The first-order valence-corrected chi connectivity index (χ1v) is 8.87. The highest BCUT2D eigenvalue weighted by atomic mass is 127. The van der Waals surface area contributed by atoms with Crippen LogP contribution in [-0.2, 0) is 6.54 Å². The van der Waals surface area contributed by atoms with Gasteiger partial charge in [0.15, 0.2) is 5.58 Å². The van der Waals surface area contributed by atoms with Crippen LogP contribution < -0.4 is 11.1 Å². The smallest absolute Gasteiger partial charge is 0.408 e. The molecule has 1 N–H and O–H groups in total. The molecule has 6 nitrogen and oxygen atoms in total.